The standard InChI is InChI=1S/C5H4FIN2O/c6-3-2(7)1-9-5(10)4(3)8/h1H,8H2,(H,9,10). The Hall–Kier alpha value is -0.590. The van der Waals surface area contributed by atoms with Crippen LogP contribution in [0.5, 0.6) is 0 Å². The van der Waals surface area contributed by atoms with Gasteiger partial charge in [0.25, 0.3) is 5.56 Å². The van der Waals surface area contributed by atoms with Crippen molar-refractivity contribution in [3.8, 4) is 0 Å². The molecule has 1 rings (SSSR count). The molecule has 3 nitrogen and oxygen atoms in total. The van der Waals surface area contributed by atoms with E-state index in [1.54, 1.807) is 22.6 Å². The minimum atomic E-state index is -0.649. The maximum Gasteiger partial charge on any atom is 0.274 e. The Morgan fingerprint density at radius 3 is 2.80 bits per heavy atom. The van der Waals surface area contributed by atoms with Crippen molar-refractivity contribution in [2.75, 3.05) is 5.73 Å². The molecule has 0 aliphatic heterocycles. The average molecular weight is 254 g/mol. The highest BCUT2D eigenvalue weighted by molar-refractivity contribution is 14.1. The van der Waals surface area contributed by atoms with E-state index in [1.807, 2.05) is 0 Å². The number of pyridine rings is 1. The van der Waals surface area contributed by atoms with Gasteiger partial charge in [0.1, 0.15) is 5.69 Å². The monoisotopic (exact) mass is 254 g/mol. The Balaban J connectivity index is 3.49. The smallest absolute Gasteiger partial charge is 0.274 e. The van der Waals surface area contributed by atoms with E-state index in [-0.39, 0.29) is 5.69 Å². The summed E-state index contributed by atoms with van der Waals surface area (Å²) in [5.74, 6) is -0.649. The number of H-pyrrole nitrogens is 1. The number of aromatic nitrogens is 1. The highest BCUT2D eigenvalue weighted by Gasteiger charge is 2.05. The van der Waals surface area contributed by atoms with Crippen molar-refractivity contribution in [3.63, 3.8) is 0 Å². The maximum atomic E-state index is 12.6. The third kappa shape index (κ3) is 1.13. The van der Waals surface area contributed by atoms with E-state index < -0.39 is 11.4 Å². The van der Waals surface area contributed by atoms with Crippen molar-refractivity contribution in [1.82, 2.24) is 4.98 Å². The zero-order valence-corrected chi connectivity index (χ0v) is 6.98. The van der Waals surface area contributed by atoms with Gasteiger partial charge in [0.05, 0.1) is 3.57 Å². The van der Waals surface area contributed by atoms with Crippen LogP contribution in [0.15, 0.2) is 11.0 Å². The lowest BCUT2D eigenvalue weighted by atomic mass is 10.4. The minimum Gasteiger partial charge on any atom is -0.392 e. The van der Waals surface area contributed by atoms with Gasteiger partial charge in [-0.05, 0) is 22.6 Å². The zero-order valence-electron chi connectivity index (χ0n) is 4.82. The van der Waals surface area contributed by atoms with Gasteiger partial charge < -0.3 is 10.7 Å². The molecule has 54 valence electrons. The SMILES string of the molecule is Nc1c(F)c(I)c[nH]c1=O. The van der Waals surface area contributed by atoms with Crippen molar-refractivity contribution in [2.45, 2.75) is 0 Å². The lowest BCUT2D eigenvalue weighted by Crippen LogP contribution is -2.14. The summed E-state index contributed by atoms with van der Waals surface area (Å²) >= 11 is 1.74. The lowest BCUT2D eigenvalue weighted by molar-refractivity contribution is 0.621. The van der Waals surface area contributed by atoms with E-state index in [9.17, 15) is 9.18 Å². The van der Waals surface area contributed by atoms with E-state index >= 15 is 0 Å². The molecule has 0 radical (unpaired) electrons. The molecule has 10 heavy (non-hydrogen) atoms. The molecule has 0 spiro atoms. The van der Waals surface area contributed by atoms with Crippen LogP contribution in [0.25, 0.3) is 0 Å². The number of aromatic amines is 1. The van der Waals surface area contributed by atoms with Crippen molar-refractivity contribution in [3.05, 3.63) is 25.9 Å². The van der Waals surface area contributed by atoms with E-state index in [0.717, 1.165) is 0 Å². The number of rotatable bonds is 0. The summed E-state index contributed by atoms with van der Waals surface area (Å²) < 4.78 is 13.0. The number of nitrogens with one attached hydrogen (secondary N) is 1. The number of halogens is 2. The average Bonchev–Trinajstić information content (AvgIpc) is 1.93. The molecular weight excluding hydrogens is 250 g/mol. The fourth-order valence-corrected chi connectivity index (χ4v) is 0.945. The fraction of sp³-hybridized carbons (Fsp3) is 0. The molecule has 3 N–H and O–H groups in total. The third-order valence-corrected chi connectivity index (χ3v) is 1.81. The van der Waals surface area contributed by atoms with Gasteiger partial charge in [-0.2, -0.15) is 0 Å². The van der Waals surface area contributed by atoms with Crippen molar-refractivity contribution in [1.29, 1.82) is 0 Å². The second-order valence-electron chi connectivity index (χ2n) is 1.69. The summed E-state index contributed by atoms with van der Waals surface area (Å²) in [5.41, 5.74) is 4.12. The number of nitrogens with two attached hydrogens (primary N) is 1. The van der Waals surface area contributed by atoms with Crippen LogP contribution < -0.4 is 11.3 Å². The van der Waals surface area contributed by atoms with E-state index in [0.29, 0.717) is 3.57 Å². The Morgan fingerprint density at radius 2 is 2.30 bits per heavy atom. The summed E-state index contributed by atoms with van der Waals surface area (Å²) in [4.78, 5) is 12.8. The molecule has 0 saturated heterocycles. The predicted molar refractivity (Wildman–Crippen MR) is 44.2 cm³/mol. The first-order valence-electron chi connectivity index (χ1n) is 2.45. The summed E-state index contributed by atoms with van der Waals surface area (Å²) in [7, 11) is 0. The highest BCUT2D eigenvalue weighted by Crippen LogP contribution is 2.10. The van der Waals surface area contributed by atoms with Gasteiger partial charge in [-0.1, -0.05) is 0 Å². The predicted octanol–water partition coefficient (Wildman–Crippen LogP) is 0.701. The van der Waals surface area contributed by atoms with E-state index in [4.69, 9.17) is 5.73 Å². The van der Waals surface area contributed by atoms with Crippen LogP contribution in [0.1, 0.15) is 0 Å². The van der Waals surface area contributed by atoms with Crippen LogP contribution in [-0.4, -0.2) is 4.98 Å². The number of nitrogen functional groups attached to an aromatic ring is 1. The Morgan fingerprint density at radius 1 is 1.70 bits per heavy atom. The first-order chi connectivity index (χ1) is 4.63. The van der Waals surface area contributed by atoms with Crippen molar-refractivity contribution < 1.29 is 4.39 Å². The molecule has 0 fully saturated rings. The topological polar surface area (TPSA) is 58.9 Å². The Bertz CT molecular complexity index is 309. The molecule has 1 heterocycles. The molecule has 0 aromatic carbocycles. The fourth-order valence-electron chi connectivity index (χ4n) is 0.498. The van der Waals surface area contributed by atoms with Crippen LogP contribution in [0.3, 0.4) is 0 Å². The van der Waals surface area contributed by atoms with Crippen LogP contribution in [-0.2, 0) is 0 Å². The van der Waals surface area contributed by atoms with Gasteiger partial charge in [0.15, 0.2) is 5.82 Å². The van der Waals surface area contributed by atoms with Crippen LogP contribution in [0.2, 0.25) is 0 Å². The molecule has 0 bridgehead atoms. The summed E-state index contributed by atoms with van der Waals surface area (Å²) in [6, 6.07) is 0. The van der Waals surface area contributed by atoms with Crippen molar-refractivity contribution in [2.24, 2.45) is 0 Å². The molecule has 5 heteroatoms. The molecule has 1 aromatic heterocycles. The van der Waals surface area contributed by atoms with Gasteiger partial charge in [-0.25, -0.2) is 4.39 Å². The molecule has 0 saturated carbocycles. The molecule has 0 aliphatic rings. The highest BCUT2D eigenvalue weighted by atomic mass is 127. The third-order valence-electron chi connectivity index (χ3n) is 1.02. The first-order valence-corrected chi connectivity index (χ1v) is 3.53. The Labute approximate surface area is 69.6 Å². The van der Waals surface area contributed by atoms with Gasteiger partial charge >= 0.3 is 0 Å². The zero-order chi connectivity index (χ0) is 7.72. The second kappa shape index (κ2) is 2.57. The lowest BCUT2D eigenvalue weighted by Gasteiger charge is -1.94. The van der Waals surface area contributed by atoms with Crippen LogP contribution >= 0.6 is 22.6 Å². The van der Waals surface area contributed by atoms with E-state index in [2.05, 4.69) is 4.98 Å². The summed E-state index contributed by atoms with van der Waals surface area (Å²) in [5, 5.41) is 0. The number of anilines is 1. The molecular formula is C5H4FIN2O. The van der Waals surface area contributed by atoms with Crippen molar-refractivity contribution >= 4 is 28.3 Å². The first kappa shape index (κ1) is 7.52. The normalized spacial score (nSPS) is 9.80. The van der Waals surface area contributed by atoms with Gasteiger partial charge in [0, 0.05) is 6.20 Å². The number of hydrogen-bond donors (Lipinski definition) is 2. The Kier molecular flexibility index (Phi) is 1.93. The maximum absolute atomic E-state index is 12.6. The molecule has 0 aliphatic carbocycles. The van der Waals surface area contributed by atoms with E-state index in [1.165, 1.54) is 6.20 Å². The van der Waals surface area contributed by atoms with Gasteiger partial charge in [-0.15, -0.1) is 0 Å². The summed E-state index contributed by atoms with van der Waals surface area (Å²) in [6.07, 6.45) is 1.27. The van der Waals surface area contributed by atoms with Crippen LogP contribution in [0, 0.1) is 9.39 Å². The van der Waals surface area contributed by atoms with Gasteiger partial charge in [0.2, 0.25) is 0 Å². The largest absolute Gasteiger partial charge is 0.392 e. The molecule has 0 amide bonds. The number of hydrogen-bond acceptors (Lipinski definition) is 2. The molecule has 0 unspecified atom stereocenters. The quantitative estimate of drug-likeness (QED) is 0.669. The van der Waals surface area contributed by atoms with Gasteiger partial charge in [-0.3, -0.25) is 4.79 Å². The van der Waals surface area contributed by atoms with Crippen LogP contribution in [0.4, 0.5) is 10.1 Å². The molecule has 1 aromatic rings. The molecule has 0 atom stereocenters. The minimum absolute atomic E-state index is 0.315. The second-order valence-corrected chi connectivity index (χ2v) is 2.86. The summed E-state index contributed by atoms with van der Waals surface area (Å²) in [6.45, 7) is 0.